The summed E-state index contributed by atoms with van der Waals surface area (Å²) in [4.78, 5) is 7.83. The molecular weight excluding hydrogens is 1630 g/mol. The maximum Gasteiger partial charge on any atom is 0.0578 e. The molecule has 6 aliphatic heterocycles. The van der Waals surface area contributed by atoms with Crippen molar-refractivity contribution in [2.45, 2.75) is 285 Å². The highest BCUT2D eigenvalue weighted by atomic mass is 15.2. The Balaban J connectivity index is 0.000000184. The molecule has 135 heavy (non-hydrogen) atoms. The maximum absolute atomic E-state index is 2.61. The molecule has 0 N–H and O–H groups in total. The van der Waals surface area contributed by atoms with Gasteiger partial charge in [-0.05, 0) is 239 Å². The highest BCUT2D eigenvalue weighted by Gasteiger charge is 2.42. The lowest BCUT2D eigenvalue weighted by atomic mass is 9.84. The number of para-hydroxylation sites is 6. The molecule has 0 spiro atoms. The lowest BCUT2D eigenvalue weighted by molar-refractivity contribution is 1.00. The van der Waals surface area contributed by atoms with Gasteiger partial charge in [-0.15, -0.1) is 0 Å². The Morgan fingerprint density at radius 1 is 0.119 bits per heavy atom. The second-order valence-electron chi connectivity index (χ2n) is 31.5. The third kappa shape index (κ3) is 18.7. The quantitative estimate of drug-likeness (QED) is 0.150. The van der Waals surface area contributed by atoms with Crippen LogP contribution in [0.1, 0.15) is 341 Å². The van der Waals surface area contributed by atoms with Crippen LogP contribution in [-0.2, 0) is 77.0 Å². The van der Waals surface area contributed by atoms with Crippen molar-refractivity contribution in [1.29, 1.82) is 0 Å². The van der Waals surface area contributed by atoms with Gasteiger partial charge in [-0.25, -0.2) is 0 Å². The number of anilines is 9. The van der Waals surface area contributed by atoms with Crippen LogP contribution >= 0.6 is 0 Å². The van der Waals surface area contributed by atoms with Crippen molar-refractivity contribution in [1.82, 2.24) is 0 Å². The zero-order valence-electron chi connectivity index (χ0n) is 88.3. The minimum Gasteiger partial charge on any atom is -0.309 e. The van der Waals surface area contributed by atoms with E-state index >= 15 is 0 Å². The van der Waals surface area contributed by atoms with E-state index in [1.807, 2.05) is 208 Å². The van der Waals surface area contributed by atoms with Gasteiger partial charge >= 0.3 is 0 Å². The molecule has 0 saturated carbocycles. The smallest absolute Gasteiger partial charge is 0.0578 e. The number of benzene rings is 15. The summed E-state index contributed by atoms with van der Waals surface area (Å²) in [5.41, 5.74) is 65.3. The van der Waals surface area contributed by atoms with Gasteiger partial charge in [0.25, 0.3) is 0 Å². The summed E-state index contributed by atoms with van der Waals surface area (Å²) in [6, 6.07) is 104. The van der Waals surface area contributed by atoms with Crippen molar-refractivity contribution in [3.05, 3.63) is 407 Å². The van der Waals surface area contributed by atoms with E-state index in [0.717, 1.165) is 77.0 Å². The molecular formula is C132H159N3. The van der Waals surface area contributed by atoms with E-state index in [1.54, 1.807) is 0 Å². The topological polar surface area (TPSA) is 9.72 Å². The third-order valence-corrected chi connectivity index (χ3v) is 26.1. The van der Waals surface area contributed by atoms with Crippen LogP contribution in [0.3, 0.4) is 0 Å². The molecule has 6 aliphatic carbocycles. The summed E-state index contributed by atoms with van der Waals surface area (Å²) in [6.45, 7) is 60.0. The largest absolute Gasteiger partial charge is 0.309 e. The molecule has 0 radical (unpaired) electrons. The fourth-order valence-corrected chi connectivity index (χ4v) is 21.9. The fourth-order valence-electron chi connectivity index (χ4n) is 21.9. The lowest BCUT2D eigenvalue weighted by Crippen LogP contribution is -2.25. The Bertz CT molecular complexity index is 6470. The molecule has 12 aliphatic rings. The van der Waals surface area contributed by atoms with Gasteiger partial charge in [0.2, 0.25) is 0 Å². The van der Waals surface area contributed by atoms with E-state index in [2.05, 4.69) is 288 Å². The van der Waals surface area contributed by atoms with E-state index in [-0.39, 0.29) is 0 Å². The number of fused-ring (bicyclic) bond motifs is 36. The van der Waals surface area contributed by atoms with Crippen LogP contribution in [0.4, 0.5) is 51.2 Å². The molecule has 0 saturated heterocycles. The van der Waals surface area contributed by atoms with E-state index in [9.17, 15) is 0 Å². The number of rotatable bonds is 0. The van der Waals surface area contributed by atoms with Crippen LogP contribution < -0.4 is 14.7 Å². The molecule has 3 heteroatoms. The van der Waals surface area contributed by atoms with Crippen LogP contribution in [-0.4, -0.2) is 0 Å². The summed E-state index contributed by atoms with van der Waals surface area (Å²) >= 11 is 0. The first kappa shape index (κ1) is 105. The minimum atomic E-state index is 1.01. The van der Waals surface area contributed by atoms with Gasteiger partial charge in [-0.2, -0.15) is 0 Å². The first-order valence-corrected chi connectivity index (χ1v) is 53.2. The molecule has 3 nitrogen and oxygen atoms in total. The third-order valence-electron chi connectivity index (χ3n) is 26.1. The Morgan fingerprint density at radius 3 is 0.719 bits per heavy atom. The molecule has 0 bridgehead atoms. The predicted molar refractivity (Wildman–Crippen MR) is 600 cm³/mol. The van der Waals surface area contributed by atoms with Crippen molar-refractivity contribution < 1.29 is 0 Å². The summed E-state index contributed by atoms with van der Waals surface area (Å²) in [7, 11) is 0. The second kappa shape index (κ2) is 49.8. The highest BCUT2D eigenvalue weighted by molar-refractivity contribution is 6.05. The molecule has 0 amide bonds. The Kier molecular flexibility index (Phi) is 38.6. The van der Waals surface area contributed by atoms with Crippen molar-refractivity contribution in [2.24, 2.45) is 0 Å². The first-order valence-electron chi connectivity index (χ1n) is 53.2. The number of hydrogen-bond acceptors (Lipinski definition) is 3. The van der Waals surface area contributed by atoms with Crippen LogP contribution in [0.15, 0.2) is 273 Å². The summed E-state index contributed by atoms with van der Waals surface area (Å²) in [6.07, 6.45) is 12.3. The van der Waals surface area contributed by atoms with Crippen LogP contribution in [0, 0.1) is 0 Å². The predicted octanol–water partition coefficient (Wildman–Crippen LogP) is 39.7. The average molecular weight is 1790 g/mol. The SMILES string of the molecule is CC.CC.CC.CC.CC.CC.CC.CC.CC.CC.CC.CC.CC.CC.CC.c1ccc2c(c1)Cc1c-2ccc2c1-c1ccc3c(c1C2)N1c2ccccc2Cc2cccc(c21)C3.c1ccc2c(c1)Cc1ccc3c(c1-2)-c1ccc2c(c1C3)N1c3ccccc3Cc3cccc(c31)C2.c1ccc2c(c1)Cc1ccc3c(c1-2)Cc1ccc2c(c1-3)N1c3ccccc3Cc3cccc(c31)C2. The van der Waals surface area contributed by atoms with E-state index in [4.69, 9.17) is 0 Å². The van der Waals surface area contributed by atoms with Gasteiger partial charge < -0.3 is 14.7 Å². The van der Waals surface area contributed by atoms with E-state index in [1.165, 1.54) is 251 Å². The molecule has 27 rings (SSSR count). The van der Waals surface area contributed by atoms with Crippen molar-refractivity contribution in [3.63, 3.8) is 0 Å². The molecule has 15 aromatic rings. The molecule has 0 aromatic heterocycles. The van der Waals surface area contributed by atoms with Gasteiger partial charge in [0.15, 0.2) is 0 Å². The van der Waals surface area contributed by atoms with Gasteiger partial charge in [0.1, 0.15) is 0 Å². The minimum absolute atomic E-state index is 1.01. The highest BCUT2D eigenvalue weighted by Crippen LogP contribution is 2.62. The fraction of sp³-hybridized carbons (Fsp3) is 0.318. The Hall–Kier alpha value is -12.3. The first-order chi connectivity index (χ1) is 67.0. The second-order valence-corrected chi connectivity index (χ2v) is 31.5. The molecule has 0 unspecified atom stereocenters. The number of hydrogen-bond donors (Lipinski definition) is 0. The molecule has 0 atom stereocenters. The van der Waals surface area contributed by atoms with Gasteiger partial charge in [-0.1, -0.05) is 462 Å². The zero-order valence-corrected chi connectivity index (χ0v) is 88.3. The monoisotopic (exact) mass is 1790 g/mol. The number of nitrogens with zero attached hydrogens (tertiary/aromatic N) is 3. The van der Waals surface area contributed by atoms with Gasteiger partial charge in [0, 0.05) is 74.0 Å². The summed E-state index contributed by atoms with van der Waals surface area (Å²) in [5, 5.41) is 0. The van der Waals surface area contributed by atoms with Crippen molar-refractivity contribution in [3.8, 4) is 66.8 Å². The van der Waals surface area contributed by atoms with Crippen molar-refractivity contribution >= 4 is 51.2 Å². The van der Waals surface area contributed by atoms with Gasteiger partial charge in [-0.3, -0.25) is 0 Å². The van der Waals surface area contributed by atoms with Gasteiger partial charge in [0.05, 0.1) is 34.1 Å². The van der Waals surface area contributed by atoms with Crippen LogP contribution in [0.5, 0.6) is 0 Å². The Labute approximate surface area is 818 Å². The molecule has 702 valence electrons. The van der Waals surface area contributed by atoms with E-state index < -0.39 is 0 Å². The molecule has 0 fully saturated rings. The standard InChI is InChI=1S/3C34H23N.15C2H6/c1-3-10-26-20(6-1)18-29-27(26)14-12-22-19-30-28(32(22)29)15-13-25-17-24-9-5-8-23-16-21-7-2-4-11-31(21)35(33(23)24)34(25)30;1-3-10-27-20(6-1)16-22-14-15-28-29(31(22)27)19-23-12-13-26-18-25-9-5-8-24-17-21-7-2-4-11-30(21)35(33(24)25)34(26)32(23)28;1-3-10-27-20(6-1)16-22-12-13-23-19-29-28(32(23)31(22)27)15-14-26-18-25-9-5-8-24-17-21-7-2-4-11-30(21)35(33(24)25)34(26)29;15*1-2/h3*1-15H,16-19H2;15*1-2H3. The Morgan fingerprint density at radius 2 is 0.319 bits per heavy atom. The average Bonchev–Trinajstić information content (AvgIpc) is 1.57. The summed E-state index contributed by atoms with van der Waals surface area (Å²) < 4.78 is 0. The van der Waals surface area contributed by atoms with E-state index in [0.29, 0.717) is 0 Å². The zero-order chi connectivity index (χ0) is 98.0. The maximum atomic E-state index is 2.61. The van der Waals surface area contributed by atoms with Crippen LogP contribution in [0.2, 0.25) is 0 Å². The molecule has 6 heterocycles. The normalized spacial score (nSPS) is 12.3. The van der Waals surface area contributed by atoms with Crippen molar-refractivity contribution in [2.75, 3.05) is 14.7 Å². The summed E-state index contributed by atoms with van der Waals surface area (Å²) in [5.74, 6) is 0. The molecule has 15 aromatic carbocycles. The lowest BCUT2D eigenvalue weighted by Gasteiger charge is -2.40. The van der Waals surface area contributed by atoms with Crippen LogP contribution in [0.25, 0.3) is 66.8 Å².